The molecule has 1 aromatic rings. The van der Waals surface area contributed by atoms with E-state index in [-0.39, 0.29) is 0 Å². The van der Waals surface area contributed by atoms with Crippen LogP contribution in [0.1, 0.15) is 43.9 Å². The molecule has 2 fully saturated rings. The Morgan fingerprint density at radius 3 is 2.88 bits per heavy atom. The molecule has 1 heterocycles. The molecule has 2 nitrogen and oxygen atoms in total. The van der Waals surface area contributed by atoms with Crippen LogP contribution in [0.2, 0.25) is 0 Å². The second-order valence-electron chi connectivity index (χ2n) is 5.64. The lowest BCUT2D eigenvalue weighted by atomic mass is 9.84. The first kappa shape index (κ1) is 11.8. The van der Waals surface area contributed by atoms with E-state index in [0.717, 1.165) is 28.0 Å². The van der Waals surface area contributed by atoms with Crippen LogP contribution in [0.4, 0.5) is 0 Å². The van der Waals surface area contributed by atoms with Gasteiger partial charge in [-0.15, -0.1) is 0 Å². The second kappa shape index (κ2) is 4.77. The van der Waals surface area contributed by atoms with Gasteiger partial charge < -0.3 is 9.73 Å². The maximum Gasteiger partial charge on any atom is 0.134 e. The highest BCUT2D eigenvalue weighted by molar-refractivity contribution is 9.10. The summed E-state index contributed by atoms with van der Waals surface area (Å²) in [7, 11) is 2.03. The molecule has 0 aromatic carbocycles. The average molecular weight is 298 g/mol. The molecule has 3 rings (SSSR count). The molecule has 2 saturated carbocycles. The van der Waals surface area contributed by atoms with Crippen LogP contribution < -0.4 is 5.32 Å². The third-order valence-corrected chi connectivity index (χ3v) is 5.39. The van der Waals surface area contributed by atoms with Gasteiger partial charge in [-0.3, -0.25) is 0 Å². The lowest BCUT2D eigenvalue weighted by Gasteiger charge is -2.25. The van der Waals surface area contributed by atoms with Crippen LogP contribution in [-0.2, 0) is 0 Å². The van der Waals surface area contributed by atoms with Crippen LogP contribution in [0, 0.1) is 17.8 Å². The lowest BCUT2D eigenvalue weighted by molar-refractivity contribution is 0.268. The van der Waals surface area contributed by atoms with Crippen molar-refractivity contribution in [2.75, 3.05) is 7.05 Å². The molecule has 0 amide bonds. The summed E-state index contributed by atoms with van der Waals surface area (Å²) in [5, 5.41) is 3.41. The molecule has 2 aliphatic rings. The van der Waals surface area contributed by atoms with Gasteiger partial charge in [0.15, 0.2) is 0 Å². The second-order valence-corrected chi connectivity index (χ2v) is 6.50. The minimum Gasteiger partial charge on any atom is -0.466 e. The fraction of sp³-hybridized carbons (Fsp3) is 0.714. The molecule has 3 heteroatoms. The van der Waals surface area contributed by atoms with E-state index in [2.05, 4.69) is 21.2 Å². The summed E-state index contributed by atoms with van der Waals surface area (Å²) in [6.07, 6.45) is 8.87. The van der Waals surface area contributed by atoms with Gasteiger partial charge in [-0.25, -0.2) is 0 Å². The molecular weight excluding hydrogens is 278 g/mol. The maximum absolute atomic E-state index is 5.60. The molecule has 2 aliphatic carbocycles. The van der Waals surface area contributed by atoms with E-state index in [1.807, 2.05) is 13.1 Å². The monoisotopic (exact) mass is 297 g/mol. The van der Waals surface area contributed by atoms with Crippen LogP contribution in [0.5, 0.6) is 0 Å². The van der Waals surface area contributed by atoms with Crippen molar-refractivity contribution in [2.45, 2.75) is 38.1 Å². The van der Waals surface area contributed by atoms with Crippen molar-refractivity contribution in [3.63, 3.8) is 0 Å². The maximum atomic E-state index is 5.60. The summed E-state index contributed by atoms with van der Waals surface area (Å²) in [5.74, 6) is 3.99. The first-order chi connectivity index (χ1) is 8.28. The van der Waals surface area contributed by atoms with Crippen molar-refractivity contribution < 1.29 is 4.42 Å². The van der Waals surface area contributed by atoms with E-state index in [4.69, 9.17) is 4.42 Å². The molecule has 4 unspecified atom stereocenters. The standard InChI is InChI=1S/C14H20BrNO/c1-16-13(14-12(15)4-5-17-14)8-11-7-9-2-3-10(11)6-9/h4-5,9-11,13,16H,2-3,6-8H2,1H3. The summed E-state index contributed by atoms with van der Waals surface area (Å²) < 4.78 is 6.70. The molecule has 1 aromatic heterocycles. The van der Waals surface area contributed by atoms with Crippen molar-refractivity contribution in [1.29, 1.82) is 0 Å². The fourth-order valence-electron chi connectivity index (χ4n) is 3.88. The molecule has 0 radical (unpaired) electrons. The van der Waals surface area contributed by atoms with Gasteiger partial charge in [-0.2, -0.15) is 0 Å². The van der Waals surface area contributed by atoms with Gasteiger partial charge in [0, 0.05) is 0 Å². The zero-order chi connectivity index (χ0) is 11.8. The predicted molar refractivity (Wildman–Crippen MR) is 71.8 cm³/mol. The molecule has 0 aliphatic heterocycles. The Morgan fingerprint density at radius 2 is 2.35 bits per heavy atom. The van der Waals surface area contributed by atoms with Crippen molar-refractivity contribution in [3.8, 4) is 0 Å². The Hall–Kier alpha value is -0.280. The highest BCUT2D eigenvalue weighted by Crippen LogP contribution is 2.51. The Labute approximate surface area is 111 Å². The van der Waals surface area contributed by atoms with Crippen LogP contribution in [0.15, 0.2) is 21.2 Å². The van der Waals surface area contributed by atoms with Gasteiger partial charge in [-0.1, -0.05) is 6.42 Å². The molecule has 17 heavy (non-hydrogen) atoms. The van der Waals surface area contributed by atoms with Gasteiger partial charge in [0.05, 0.1) is 16.8 Å². The van der Waals surface area contributed by atoms with Gasteiger partial charge in [0.25, 0.3) is 0 Å². The van der Waals surface area contributed by atoms with Crippen molar-refractivity contribution in [1.82, 2.24) is 5.32 Å². The van der Waals surface area contributed by atoms with Crippen LogP contribution in [-0.4, -0.2) is 7.05 Å². The third-order valence-electron chi connectivity index (χ3n) is 4.73. The van der Waals surface area contributed by atoms with E-state index < -0.39 is 0 Å². The third kappa shape index (κ3) is 2.19. The number of halogens is 1. The number of hydrogen-bond donors (Lipinski definition) is 1. The van der Waals surface area contributed by atoms with Gasteiger partial charge in [0.1, 0.15) is 5.76 Å². The van der Waals surface area contributed by atoms with Crippen LogP contribution in [0.25, 0.3) is 0 Å². The summed E-state index contributed by atoms with van der Waals surface area (Å²) in [4.78, 5) is 0. The zero-order valence-electron chi connectivity index (χ0n) is 10.3. The number of hydrogen-bond acceptors (Lipinski definition) is 2. The average Bonchev–Trinajstić information content (AvgIpc) is 3.02. The number of furan rings is 1. The van der Waals surface area contributed by atoms with Crippen molar-refractivity contribution in [2.24, 2.45) is 17.8 Å². The van der Waals surface area contributed by atoms with Crippen molar-refractivity contribution >= 4 is 15.9 Å². The molecule has 2 bridgehead atoms. The van der Waals surface area contributed by atoms with E-state index >= 15 is 0 Å². The summed E-state index contributed by atoms with van der Waals surface area (Å²) in [6.45, 7) is 0. The Bertz CT molecular complexity index is 389. The Kier molecular flexibility index (Phi) is 3.31. The van der Waals surface area contributed by atoms with Gasteiger partial charge >= 0.3 is 0 Å². The minimum absolute atomic E-state index is 0.365. The molecule has 1 N–H and O–H groups in total. The van der Waals surface area contributed by atoms with E-state index in [1.54, 1.807) is 6.26 Å². The van der Waals surface area contributed by atoms with Crippen LogP contribution in [0.3, 0.4) is 0 Å². The normalized spacial score (nSPS) is 33.2. The van der Waals surface area contributed by atoms with Gasteiger partial charge in [0.2, 0.25) is 0 Å². The first-order valence-corrected chi connectivity index (χ1v) is 7.47. The lowest BCUT2D eigenvalue weighted by Crippen LogP contribution is -2.22. The van der Waals surface area contributed by atoms with Crippen molar-refractivity contribution in [3.05, 3.63) is 22.6 Å². The summed E-state index contributed by atoms with van der Waals surface area (Å²) in [6, 6.07) is 2.35. The number of fused-ring (bicyclic) bond motifs is 2. The largest absolute Gasteiger partial charge is 0.466 e. The van der Waals surface area contributed by atoms with E-state index in [9.17, 15) is 0 Å². The molecular formula is C14H20BrNO. The smallest absolute Gasteiger partial charge is 0.134 e. The number of rotatable bonds is 4. The molecule has 4 atom stereocenters. The molecule has 0 spiro atoms. The zero-order valence-corrected chi connectivity index (χ0v) is 11.9. The highest BCUT2D eigenvalue weighted by Gasteiger charge is 2.40. The minimum atomic E-state index is 0.365. The van der Waals surface area contributed by atoms with E-state index in [0.29, 0.717) is 6.04 Å². The topological polar surface area (TPSA) is 25.2 Å². The SMILES string of the molecule is CNC(CC1CC2CCC1C2)c1occc1Br. The van der Waals surface area contributed by atoms with E-state index in [1.165, 1.54) is 32.1 Å². The highest BCUT2D eigenvalue weighted by atomic mass is 79.9. The number of nitrogens with one attached hydrogen (secondary N) is 1. The summed E-state index contributed by atoms with van der Waals surface area (Å²) in [5.41, 5.74) is 0. The first-order valence-electron chi connectivity index (χ1n) is 6.68. The fourth-order valence-corrected chi connectivity index (χ4v) is 4.36. The molecule has 0 saturated heterocycles. The Balaban J connectivity index is 1.69. The Morgan fingerprint density at radius 1 is 1.47 bits per heavy atom. The predicted octanol–water partition coefficient (Wildman–Crippen LogP) is 4.13. The van der Waals surface area contributed by atoms with Gasteiger partial charge in [-0.05, 0) is 72.5 Å². The van der Waals surface area contributed by atoms with Crippen LogP contribution >= 0.6 is 15.9 Å². The quantitative estimate of drug-likeness (QED) is 0.904. The summed E-state index contributed by atoms with van der Waals surface area (Å²) >= 11 is 3.56. The molecule has 94 valence electrons.